The van der Waals surface area contributed by atoms with E-state index < -0.39 is 0 Å². The lowest BCUT2D eigenvalue weighted by molar-refractivity contribution is 0.419. The van der Waals surface area contributed by atoms with Crippen molar-refractivity contribution in [3.63, 3.8) is 0 Å². The normalized spacial score (nSPS) is 10.7. The van der Waals surface area contributed by atoms with Crippen molar-refractivity contribution in [2.24, 2.45) is 0 Å². The molecule has 0 saturated carbocycles. The maximum atomic E-state index is 5.93. The van der Waals surface area contributed by atoms with E-state index in [1.807, 2.05) is 6.92 Å². The summed E-state index contributed by atoms with van der Waals surface area (Å²) in [6.07, 6.45) is 3.18. The highest BCUT2D eigenvalue weighted by molar-refractivity contribution is 6.32. The van der Waals surface area contributed by atoms with Crippen LogP contribution in [0.25, 0.3) is 5.52 Å². The maximum Gasteiger partial charge on any atom is 0.166 e. The van der Waals surface area contributed by atoms with Crippen LogP contribution in [0.1, 0.15) is 5.69 Å². The summed E-state index contributed by atoms with van der Waals surface area (Å²) in [6, 6.07) is 0. The number of nitrogens with zero attached hydrogens (tertiary/aromatic N) is 3. The Morgan fingerprint density at radius 3 is 3.00 bits per heavy atom. The van der Waals surface area contributed by atoms with Crippen LogP contribution in [0.5, 0.6) is 5.75 Å². The van der Waals surface area contributed by atoms with E-state index in [9.17, 15) is 0 Å². The standard InChI is InChI=1S/C8H8ClN3O/c1-5-7-8(13-2)6(9)3-12(7)11-4-10-5/h3-4H,1-2H3. The van der Waals surface area contributed by atoms with E-state index >= 15 is 0 Å². The van der Waals surface area contributed by atoms with E-state index in [1.54, 1.807) is 17.8 Å². The minimum absolute atomic E-state index is 0.547. The molecule has 0 spiro atoms. The molecule has 0 radical (unpaired) electrons. The van der Waals surface area contributed by atoms with Crippen LogP contribution in [0.3, 0.4) is 0 Å². The quantitative estimate of drug-likeness (QED) is 0.699. The number of aromatic nitrogens is 3. The van der Waals surface area contributed by atoms with Crippen LogP contribution in [0.4, 0.5) is 0 Å². The molecule has 0 unspecified atom stereocenters. The van der Waals surface area contributed by atoms with Gasteiger partial charge < -0.3 is 4.74 Å². The Kier molecular flexibility index (Phi) is 1.84. The lowest BCUT2D eigenvalue weighted by atomic mass is 10.4. The lowest BCUT2D eigenvalue weighted by Crippen LogP contribution is -1.94. The van der Waals surface area contributed by atoms with Gasteiger partial charge in [-0.05, 0) is 6.92 Å². The van der Waals surface area contributed by atoms with Gasteiger partial charge in [0.15, 0.2) is 5.75 Å². The molecule has 13 heavy (non-hydrogen) atoms. The molecule has 68 valence electrons. The number of halogens is 1. The molecular weight excluding hydrogens is 190 g/mol. The maximum absolute atomic E-state index is 5.93. The van der Waals surface area contributed by atoms with Crippen LogP contribution in [0, 0.1) is 6.92 Å². The molecule has 0 saturated heterocycles. The second kappa shape index (κ2) is 2.88. The van der Waals surface area contributed by atoms with Gasteiger partial charge in [-0.1, -0.05) is 11.6 Å². The topological polar surface area (TPSA) is 39.4 Å². The summed E-state index contributed by atoms with van der Waals surface area (Å²) in [7, 11) is 1.58. The molecular formula is C8H8ClN3O. The molecule has 2 heterocycles. The van der Waals surface area contributed by atoms with Crippen LogP contribution in [-0.4, -0.2) is 21.7 Å². The Bertz CT molecular complexity index is 452. The first kappa shape index (κ1) is 8.31. The zero-order chi connectivity index (χ0) is 9.42. The van der Waals surface area contributed by atoms with Gasteiger partial charge in [0, 0.05) is 0 Å². The van der Waals surface area contributed by atoms with E-state index in [-0.39, 0.29) is 0 Å². The van der Waals surface area contributed by atoms with E-state index in [2.05, 4.69) is 10.1 Å². The minimum Gasteiger partial charge on any atom is -0.493 e. The highest BCUT2D eigenvalue weighted by atomic mass is 35.5. The first-order chi connectivity index (χ1) is 6.24. The Labute approximate surface area is 80.1 Å². The Morgan fingerprint density at radius 2 is 2.31 bits per heavy atom. The molecule has 2 aromatic rings. The number of rotatable bonds is 1. The molecule has 4 nitrogen and oxygen atoms in total. The summed E-state index contributed by atoms with van der Waals surface area (Å²) in [4.78, 5) is 4.06. The number of hydrogen-bond acceptors (Lipinski definition) is 3. The summed E-state index contributed by atoms with van der Waals surface area (Å²) < 4.78 is 6.80. The van der Waals surface area contributed by atoms with Crippen LogP contribution in [0.2, 0.25) is 5.02 Å². The van der Waals surface area contributed by atoms with E-state index in [0.717, 1.165) is 11.2 Å². The van der Waals surface area contributed by atoms with Crippen LogP contribution in [0.15, 0.2) is 12.5 Å². The average Bonchev–Trinajstić information content (AvgIpc) is 2.42. The predicted molar refractivity (Wildman–Crippen MR) is 49.3 cm³/mol. The second-order valence-electron chi connectivity index (χ2n) is 2.65. The summed E-state index contributed by atoms with van der Waals surface area (Å²) in [6.45, 7) is 1.88. The summed E-state index contributed by atoms with van der Waals surface area (Å²) in [5, 5.41) is 4.56. The largest absolute Gasteiger partial charge is 0.493 e. The van der Waals surface area contributed by atoms with Crippen molar-refractivity contribution in [1.29, 1.82) is 0 Å². The monoisotopic (exact) mass is 197 g/mol. The Morgan fingerprint density at radius 1 is 1.54 bits per heavy atom. The fourth-order valence-electron chi connectivity index (χ4n) is 1.29. The molecule has 0 fully saturated rings. The van der Waals surface area contributed by atoms with Crippen molar-refractivity contribution in [2.45, 2.75) is 6.92 Å². The van der Waals surface area contributed by atoms with Gasteiger partial charge in [-0.25, -0.2) is 9.50 Å². The third kappa shape index (κ3) is 1.14. The number of fused-ring (bicyclic) bond motifs is 1. The van der Waals surface area contributed by atoms with Gasteiger partial charge in [0.25, 0.3) is 0 Å². The third-order valence-electron chi connectivity index (χ3n) is 1.87. The van der Waals surface area contributed by atoms with Crippen molar-refractivity contribution >= 4 is 17.1 Å². The molecule has 2 aromatic heterocycles. The van der Waals surface area contributed by atoms with Gasteiger partial charge in [-0.3, -0.25) is 0 Å². The van der Waals surface area contributed by atoms with Gasteiger partial charge in [0.05, 0.1) is 19.0 Å². The molecule has 0 aliphatic carbocycles. The molecule has 0 atom stereocenters. The smallest absolute Gasteiger partial charge is 0.166 e. The molecule has 5 heteroatoms. The van der Waals surface area contributed by atoms with Crippen molar-refractivity contribution in [3.05, 3.63) is 23.2 Å². The number of aryl methyl sites for hydroxylation is 1. The van der Waals surface area contributed by atoms with Crippen LogP contribution >= 0.6 is 11.6 Å². The third-order valence-corrected chi connectivity index (χ3v) is 2.14. The van der Waals surface area contributed by atoms with Crippen molar-refractivity contribution < 1.29 is 4.74 Å². The fraction of sp³-hybridized carbons (Fsp3) is 0.250. The molecule has 0 N–H and O–H groups in total. The van der Waals surface area contributed by atoms with Gasteiger partial charge in [0.2, 0.25) is 0 Å². The zero-order valence-electron chi connectivity index (χ0n) is 7.28. The van der Waals surface area contributed by atoms with Gasteiger partial charge in [0.1, 0.15) is 16.9 Å². The summed E-state index contributed by atoms with van der Waals surface area (Å²) in [5.41, 5.74) is 1.66. The van der Waals surface area contributed by atoms with Crippen LogP contribution in [-0.2, 0) is 0 Å². The molecule has 0 aliphatic heterocycles. The van der Waals surface area contributed by atoms with Crippen molar-refractivity contribution in [2.75, 3.05) is 7.11 Å². The van der Waals surface area contributed by atoms with Crippen LogP contribution < -0.4 is 4.74 Å². The zero-order valence-corrected chi connectivity index (χ0v) is 8.04. The van der Waals surface area contributed by atoms with E-state index in [0.29, 0.717) is 10.8 Å². The number of hydrogen-bond donors (Lipinski definition) is 0. The van der Waals surface area contributed by atoms with E-state index in [4.69, 9.17) is 16.3 Å². The minimum atomic E-state index is 0.547. The van der Waals surface area contributed by atoms with Crippen molar-refractivity contribution in [3.8, 4) is 5.75 Å². The molecule has 0 aromatic carbocycles. The average molecular weight is 198 g/mol. The Hall–Kier alpha value is -1.29. The molecule has 0 amide bonds. The predicted octanol–water partition coefficient (Wildman–Crippen LogP) is 1.70. The number of methoxy groups -OCH3 is 1. The molecule has 2 rings (SSSR count). The lowest BCUT2D eigenvalue weighted by Gasteiger charge is -1.99. The first-order valence-electron chi connectivity index (χ1n) is 3.76. The number of ether oxygens (including phenoxy) is 1. The van der Waals surface area contributed by atoms with Gasteiger partial charge in [-0.2, -0.15) is 5.10 Å². The highest BCUT2D eigenvalue weighted by Gasteiger charge is 2.12. The molecule has 0 bridgehead atoms. The van der Waals surface area contributed by atoms with E-state index in [1.165, 1.54) is 6.33 Å². The van der Waals surface area contributed by atoms with Crippen molar-refractivity contribution in [1.82, 2.24) is 14.6 Å². The Balaban J connectivity index is 2.88. The van der Waals surface area contributed by atoms with Gasteiger partial charge >= 0.3 is 0 Å². The highest BCUT2D eigenvalue weighted by Crippen LogP contribution is 2.31. The first-order valence-corrected chi connectivity index (χ1v) is 4.14. The van der Waals surface area contributed by atoms with Gasteiger partial charge in [-0.15, -0.1) is 0 Å². The fourth-order valence-corrected chi connectivity index (χ4v) is 1.55. The SMILES string of the molecule is COc1c(Cl)cn2ncnc(C)c12. The summed E-state index contributed by atoms with van der Waals surface area (Å²) in [5.74, 6) is 0.625. The summed E-state index contributed by atoms with van der Waals surface area (Å²) >= 11 is 5.93. The molecule has 0 aliphatic rings. The second-order valence-corrected chi connectivity index (χ2v) is 3.06.